The summed E-state index contributed by atoms with van der Waals surface area (Å²) >= 11 is 0. The van der Waals surface area contributed by atoms with Crippen molar-refractivity contribution in [2.75, 3.05) is 14.2 Å². The molecular weight excluding hydrogens is 360 g/mol. The van der Waals surface area contributed by atoms with Gasteiger partial charge < -0.3 is 24.5 Å². The molecule has 1 aromatic carbocycles. The number of fused-ring (bicyclic) bond motifs is 1. The van der Waals surface area contributed by atoms with Crippen molar-refractivity contribution in [1.82, 2.24) is 10.3 Å². The molecule has 0 saturated heterocycles. The summed E-state index contributed by atoms with van der Waals surface area (Å²) in [7, 11) is 3.11. The molecule has 1 aliphatic rings. The normalized spacial score (nSPS) is 20.4. The summed E-state index contributed by atoms with van der Waals surface area (Å²) in [6.07, 6.45) is 3.53. The Morgan fingerprint density at radius 3 is 2.57 bits per heavy atom. The Balaban J connectivity index is 1.69. The number of hydrogen-bond acceptors (Lipinski definition) is 5. The number of methoxy groups -OCH3 is 2. The van der Waals surface area contributed by atoms with E-state index in [1.54, 1.807) is 39.3 Å². The van der Waals surface area contributed by atoms with Crippen LogP contribution in [0.15, 0.2) is 18.2 Å². The average molecular weight is 388 g/mol. The smallest absolute Gasteiger partial charge is 0.355 e. The third kappa shape index (κ3) is 4.24. The van der Waals surface area contributed by atoms with E-state index in [9.17, 15) is 9.59 Å². The van der Waals surface area contributed by atoms with E-state index in [0.29, 0.717) is 22.9 Å². The van der Waals surface area contributed by atoms with Gasteiger partial charge in [-0.05, 0) is 37.8 Å². The van der Waals surface area contributed by atoms with E-state index in [1.807, 2.05) is 0 Å². The van der Waals surface area contributed by atoms with Gasteiger partial charge in [-0.3, -0.25) is 4.79 Å². The Hall–Kier alpha value is -2.70. The summed E-state index contributed by atoms with van der Waals surface area (Å²) in [5.41, 5.74) is 0.927. The second kappa shape index (κ2) is 8.54. The minimum Gasteiger partial charge on any atom is -0.497 e. The zero-order valence-corrected chi connectivity index (χ0v) is 16.8. The molecule has 1 aliphatic carbocycles. The Morgan fingerprint density at radius 2 is 1.89 bits per heavy atom. The molecule has 3 unspecified atom stereocenters. The van der Waals surface area contributed by atoms with E-state index in [4.69, 9.17) is 14.2 Å². The fourth-order valence-electron chi connectivity index (χ4n) is 3.68. The monoisotopic (exact) mass is 388 g/mol. The summed E-state index contributed by atoms with van der Waals surface area (Å²) in [6, 6.07) is 5.34. The molecule has 0 spiro atoms. The van der Waals surface area contributed by atoms with Crippen LogP contribution >= 0.6 is 0 Å². The molecule has 0 radical (unpaired) electrons. The lowest BCUT2D eigenvalue weighted by Crippen LogP contribution is -2.46. The summed E-state index contributed by atoms with van der Waals surface area (Å²) in [4.78, 5) is 28.0. The number of aromatic amines is 1. The van der Waals surface area contributed by atoms with Crippen LogP contribution in [0.2, 0.25) is 0 Å². The molecule has 0 bridgehead atoms. The molecule has 2 N–H and O–H groups in total. The summed E-state index contributed by atoms with van der Waals surface area (Å²) in [5, 5.41) is 3.78. The predicted molar refractivity (Wildman–Crippen MR) is 106 cm³/mol. The molecule has 0 aliphatic heterocycles. The van der Waals surface area contributed by atoms with Crippen LogP contribution in [0, 0.1) is 5.92 Å². The lowest BCUT2D eigenvalue weighted by atomic mass is 9.86. The molecule has 2 aromatic rings. The molecule has 7 nitrogen and oxygen atoms in total. The number of carbonyl (C=O) groups excluding carboxylic acids is 2. The third-order valence-electron chi connectivity index (χ3n) is 5.43. The Bertz CT molecular complexity index is 860. The maximum atomic E-state index is 12.5. The van der Waals surface area contributed by atoms with Gasteiger partial charge in [0.2, 0.25) is 0 Å². The first-order valence-electron chi connectivity index (χ1n) is 9.69. The number of aromatic nitrogens is 1. The van der Waals surface area contributed by atoms with Gasteiger partial charge in [0.25, 0.3) is 5.91 Å². The van der Waals surface area contributed by atoms with Gasteiger partial charge in [0.15, 0.2) is 6.10 Å². The van der Waals surface area contributed by atoms with Crippen molar-refractivity contribution in [2.45, 2.75) is 51.7 Å². The number of ether oxygens (including phenoxy) is 3. The zero-order valence-electron chi connectivity index (χ0n) is 16.8. The molecule has 7 heteroatoms. The van der Waals surface area contributed by atoms with Crippen LogP contribution in [0.25, 0.3) is 10.9 Å². The van der Waals surface area contributed by atoms with Crippen molar-refractivity contribution >= 4 is 22.8 Å². The number of H-pyrrole nitrogens is 1. The van der Waals surface area contributed by atoms with Crippen molar-refractivity contribution in [3.8, 4) is 11.5 Å². The van der Waals surface area contributed by atoms with Crippen molar-refractivity contribution in [2.24, 2.45) is 5.92 Å². The molecule has 3 rings (SSSR count). The molecule has 1 saturated carbocycles. The van der Waals surface area contributed by atoms with Crippen LogP contribution in [-0.2, 0) is 9.53 Å². The number of hydrogen-bond donors (Lipinski definition) is 2. The maximum Gasteiger partial charge on any atom is 0.355 e. The average Bonchev–Trinajstić information content (AvgIpc) is 3.13. The first-order valence-corrected chi connectivity index (χ1v) is 9.69. The van der Waals surface area contributed by atoms with Gasteiger partial charge in [0.05, 0.1) is 19.7 Å². The van der Waals surface area contributed by atoms with Crippen LogP contribution < -0.4 is 14.8 Å². The number of esters is 1. The fraction of sp³-hybridized carbons (Fsp3) is 0.524. The highest BCUT2D eigenvalue weighted by molar-refractivity contribution is 5.98. The van der Waals surface area contributed by atoms with E-state index in [1.165, 1.54) is 6.42 Å². The van der Waals surface area contributed by atoms with Crippen LogP contribution in [-0.4, -0.2) is 43.2 Å². The maximum absolute atomic E-state index is 12.5. The number of amides is 1. The number of rotatable bonds is 6. The van der Waals surface area contributed by atoms with Crippen molar-refractivity contribution in [1.29, 1.82) is 0 Å². The molecule has 1 aromatic heterocycles. The zero-order chi connectivity index (χ0) is 20.3. The van der Waals surface area contributed by atoms with Gasteiger partial charge >= 0.3 is 5.97 Å². The minimum absolute atomic E-state index is 0.146. The molecule has 28 heavy (non-hydrogen) atoms. The second-order valence-electron chi connectivity index (χ2n) is 7.40. The molecule has 3 atom stereocenters. The van der Waals surface area contributed by atoms with Crippen LogP contribution in [0.5, 0.6) is 11.5 Å². The largest absolute Gasteiger partial charge is 0.497 e. The van der Waals surface area contributed by atoms with E-state index in [0.717, 1.165) is 24.6 Å². The molecule has 1 fully saturated rings. The molecule has 1 amide bonds. The van der Waals surface area contributed by atoms with Crippen molar-refractivity contribution < 1.29 is 23.8 Å². The van der Waals surface area contributed by atoms with Gasteiger partial charge in [-0.25, -0.2) is 4.79 Å². The van der Waals surface area contributed by atoms with Crippen molar-refractivity contribution in [3.63, 3.8) is 0 Å². The first-order chi connectivity index (χ1) is 13.4. The minimum atomic E-state index is -0.871. The highest BCUT2D eigenvalue weighted by Gasteiger charge is 2.27. The number of carbonyl (C=O) groups is 2. The van der Waals surface area contributed by atoms with E-state index >= 15 is 0 Å². The third-order valence-corrected chi connectivity index (χ3v) is 5.43. The van der Waals surface area contributed by atoms with Crippen LogP contribution in [0.1, 0.15) is 50.0 Å². The van der Waals surface area contributed by atoms with Gasteiger partial charge in [0.1, 0.15) is 17.2 Å². The highest BCUT2D eigenvalue weighted by Crippen LogP contribution is 2.31. The van der Waals surface area contributed by atoms with E-state index in [-0.39, 0.29) is 17.6 Å². The first kappa shape index (κ1) is 20.0. The van der Waals surface area contributed by atoms with Gasteiger partial charge in [-0.2, -0.15) is 0 Å². The standard InChI is InChI=1S/C21H28N2O5/c1-12-7-5-6-8-16(12)23-20(24)13(2)28-21(25)17-10-14-9-15(26-3)11-18(27-4)19(14)22-17/h9-13,16,22H,5-8H2,1-4H3,(H,23,24). The van der Waals surface area contributed by atoms with Crippen LogP contribution in [0.3, 0.4) is 0 Å². The van der Waals surface area contributed by atoms with Gasteiger partial charge in [-0.15, -0.1) is 0 Å². The lowest BCUT2D eigenvalue weighted by molar-refractivity contribution is -0.130. The summed E-state index contributed by atoms with van der Waals surface area (Å²) in [6.45, 7) is 3.74. The molecule has 1 heterocycles. The summed E-state index contributed by atoms with van der Waals surface area (Å²) < 4.78 is 16.0. The van der Waals surface area contributed by atoms with Crippen LogP contribution in [0.4, 0.5) is 0 Å². The molecule has 152 valence electrons. The Morgan fingerprint density at radius 1 is 1.14 bits per heavy atom. The van der Waals surface area contributed by atoms with Crippen molar-refractivity contribution in [3.05, 3.63) is 23.9 Å². The second-order valence-corrected chi connectivity index (χ2v) is 7.40. The predicted octanol–water partition coefficient (Wildman–Crippen LogP) is 3.43. The van der Waals surface area contributed by atoms with Gasteiger partial charge in [-0.1, -0.05) is 19.8 Å². The summed E-state index contributed by atoms with van der Waals surface area (Å²) in [5.74, 6) is 0.777. The van der Waals surface area contributed by atoms with Gasteiger partial charge in [0, 0.05) is 17.5 Å². The quantitative estimate of drug-likeness (QED) is 0.740. The fourth-order valence-corrected chi connectivity index (χ4v) is 3.68. The number of nitrogens with one attached hydrogen (secondary N) is 2. The topological polar surface area (TPSA) is 89.7 Å². The highest BCUT2D eigenvalue weighted by atomic mass is 16.5. The Labute approximate surface area is 164 Å². The lowest BCUT2D eigenvalue weighted by Gasteiger charge is -2.30. The Kier molecular flexibility index (Phi) is 6.11. The van der Waals surface area contributed by atoms with E-state index in [2.05, 4.69) is 17.2 Å². The number of benzene rings is 1. The molecular formula is C21H28N2O5. The van der Waals surface area contributed by atoms with E-state index < -0.39 is 12.1 Å². The SMILES string of the molecule is COc1cc(OC)c2[nH]c(C(=O)OC(C)C(=O)NC3CCCCC3C)cc2c1.